The lowest BCUT2D eigenvalue weighted by Crippen LogP contribution is -2.26. The molecule has 0 spiro atoms. The highest BCUT2D eigenvalue weighted by atomic mass is 35.7. The highest BCUT2D eigenvalue weighted by Crippen LogP contribution is 2.36. The Hall–Kier alpha value is -1.12. The first kappa shape index (κ1) is 17.2. The largest absolute Gasteiger partial charge is 0.465 e. The maximum Gasteiger partial charge on any atom is 0.340 e. The molecule has 1 saturated heterocycles. The summed E-state index contributed by atoms with van der Waals surface area (Å²) in [7, 11) is 2.88. The summed E-state index contributed by atoms with van der Waals surface area (Å²) in [5.74, 6) is -1.34. The van der Waals surface area contributed by atoms with E-state index < -0.39 is 15.0 Å². The molecule has 1 aromatic rings. The van der Waals surface area contributed by atoms with Crippen LogP contribution in [0.25, 0.3) is 0 Å². The Balaban J connectivity index is 2.30. The van der Waals surface area contributed by atoms with Crippen LogP contribution in [0, 0.1) is 5.92 Å². The number of rotatable bonds is 5. The number of halogens is 1. The van der Waals surface area contributed by atoms with E-state index in [1.807, 2.05) is 6.92 Å². The molecule has 1 aliphatic rings. The van der Waals surface area contributed by atoms with E-state index in [9.17, 15) is 18.0 Å². The van der Waals surface area contributed by atoms with Gasteiger partial charge in [0, 0.05) is 34.4 Å². The molecule has 1 aromatic heterocycles. The standard InChI is InChI=1S/C13H16ClNO5S2/c1-3-9-5-10(13(17)20-2)12(21-9)15-6-8(4-11(15)16)7-22(14,18)19/h5,8H,3-4,6-7H2,1-2H3. The van der Waals surface area contributed by atoms with Crippen molar-refractivity contribution >= 4 is 47.9 Å². The Morgan fingerprint density at radius 1 is 1.55 bits per heavy atom. The average molecular weight is 366 g/mol. The first-order valence-corrected chi connectivity index (χ1v) is 9.98. The monoisotopic (exact) mass is 365 g/mol. The van der Waals surface area contributed by atoms with Crippen molar-refractivity contribution in [3.05, 3.63) is 16.5 Å². The molecule has 1 unspecified atom stereocenters. The number of carbonyl (C=O) groups excluding carboxylic acids is 2. The van der Waals surface area contributed by atoms with Gasteiger partial charge in [0.1, 0.15) is 5.00 Å². The van der Waals surface area contributed by atoms with Crippen molar-refractivity contribution < 1.29 is 22.7 Å². The minimum atomic E-state index is -3.66. The van der Waals surface area contributed by atoms with E-state index >= 15 is 0 Å². The molecular formula is C13H16ClNO5S2. The van der Waals surface area contributed by atoms with Crippen LogP contribution >= 0.6 is 22.0 Å². The van der Waals surface area contributed by atoms with Crippen LogP contribution in [-0.2, 0) is 25.0 Å². The van der Waals surface area contributed by atoms with E-state index in [1.54, 1.807) is 6.07 Å². The number of anilines is 1. The third kappa shape index (κ3) is 3.80. The summed E-state index contributed by atoms with van der Waals surface area (Å²) in [4.78, 5) is 26.5. The van der Waals surface area contributed by atoms with E-state index in [1.165, 1.54) is 23.3 Å². The predicted molar refractivity (Wildman–Crippen MR) is 85.1 cm³/mol. The number of hydrogen-bond donors (Lipinski definition) is 0. The lowest BCUT2D eigenvalue weighted by Gasteiger charge is -2.15. The maximum absolute atomic E-state index is 12.2. The predicted octanol–water partition coefficient (Wildman–Crippen LogP) is 2.02. The zero-order chi connectivity index (χ0) is 16.5. The van der Waals surface area contributed by atoms with Gasteiger partial charge in [0.15, 0.2) is 0 Å². The van der Waals surface area contributed by atoms with Crippen LogP contribution < -0.4 is 4.90 Å². The van der Waals surface area contributed by atoms with Crippen LogP contribution in [-0.4, -0.2) is 39.7 Å². The van der Waals surface area contributed by atoms with Crippen molar-refractivity contribution in [1.29, 1.82) is 0 Å². The van der Waals surface area contributed by atoms with Gasteiger partial charge in [-0.2, -0.15) is 0 Å². The number of aryl methyl sites for hydroxylation is 1. The van der Waals surface area contributed by atoms with Gasteiger partial charge >= 0.3 is 5.97 Å². The van der Waals surface area contributed by atoms with E-state index in [-0.39, 0.29) is 30.5 Å². The summed E-state index contributed by atoms with van der Waals surface area (Å²) in [5.41, 5.74) is 0.340. The third-order valence-electron chi connectivity index (χ3n) is 3.40. The van der Waals surface area contributed by atoms with E-state index in [0.29, 0.717) is 10.6 Å². The average Bonchev–Trinajstić information content (AvgIpc) is 2.99. The molecule has 1 aliphatic heterocycles. The van der Waals surface area contributed by atoms with Crippen molar-refractivity contribution in [3.63, 3.8) is 0 Å². The van der Waals surface area contributed by atoms with Gasteiger partial charge in [-0.1, -0.05) is 6.92 Å². The van der Waals surface area contributed by atoms with Gasteiger partial charge in [0.05, 0.1) is 18.4 Å². The lowest BCUT2D eigenvalue weighted by molar-refractivity contribution is -0.117. The van der Waals surface area contributed by atoms with Crippen LogP contribution in [0.1, 0.15) is 28.6 Å². The van der Waals surface area contributed by atoms with Crippen LogP contribution in [0.2, 0.25) is 0 Å². The summed E-state index contributed by atoms with van der Waals surface area (Å²) >= 11 is 1.35. The fraction of sp³-hybridized carbons (Fsp3) is 0.538. The Morgan fingerprint density at radius 2 is 2.23 bits per heavy atom. The Labute approximate surface area is 137 Å². The molecule has 1 atom stereocenters. The van der Waals surface area contributed by atoms with E-state index in [0.717, 1.165) is 11.3 Å². The fourth-order valence-electron chi connectivity index (χ4n) is 2.43. The Morgan fingerprint density at radius 3 is 2.77 bits per heavy atom. The first-order valence-electron chi connectivity index (χ1n) is 6.68. The number of esters is 1. The van der Waals surface area contributed by atoms with Crippen molar-refractivity contribution in [3.8, 4) is 0 Å². The summed E-state index contributed by atoms with van der Waals surface area (Å²) in [6, 6.07) is 1.71. The van der Waals surface area contributed by atoms with Crippen molar-refractivity contribution in [1.82, 2.24) is 0 Å². The van der Waals surface area contributed by atoms with Crippen LogP contribution in [0.15, 0.2) is 6.07 Å². The quantitative estimate of drug-likeness (QED) is 0.589. The molecule has 0 aromatic carbocycles. The van der Waals surface area contributed by atoms with Crippen molar-refractivity contribution in [2.75, 3.05) is 24.3 Å². The molecule has 1 fully saturated rings. The van der Waals surface area contributed by atoms with E-state index in [2.05, 4.69) is 0 Å². The smallest absolute Gasteiger partial charge is 0.340 e. The van der Waals surface area contributed by atoms with Crippen LogP contribution in [0.4, 0.5) is 5.00 Å². The van der Waals surface area contributed by atoms with Gasteiger partial charge < -0.3 is 9.64 Å². The van der Waals surface area contributed by atoms with Gasteiger partial charge in [0.25, 0.3) is 0 Å². The molecular weight excluding hydrogens is 350 g/mol. The fourth-order valence-corrected chi connectivity index (χ4v) is 4.86. The van der Waals surface area contributed by atoms with Gasteiger partial charge in [-0.05, 0) is 12.5 Å². The molecule has 2 rings (SSSR count). The second-order valence-corrected chi connectivity index (χ2v) is 8.99. The van der Waals surface area contributed by atoms with Gasteiger partial charge in [-0.25, -0.2) is 13.2 Å². The highest BCUT2D eigenvalue weighted by molar-refractivity contribution is 8.13. The zero-order valence-corrected chi connectivity index (χ0v) is 14.6. The summed E-state index contributed by atoms with van der Waals surface area (Å²) in [5, 5.41) is 0.517. The summed E-state index contributed by atoms with van der Waals surface area (Å²) < 4.78 is 27.1. The number of ether oxygens (including phenoxy) is 1. The Kier molecular flexibility index (Phi) is 5.14. The third-order valence-corrected chi connectivity index (χ3v) is 5.95. The molecule has 2 heterocycles. The second kappa shape index (κ2) is 6.55. The van der Waals surface area contributed by atoms with Gasteiger partial charge in [0.2, 0.25) is 15.0 Å². The number of nitrogens with zero attached hydrogens (tertiary/aromatic N) is 1. The minimum Gasteiger partial charge on any atom is -0.465 e. The molecule has 0 saturated carbocycles. The van der Waals surface area contributed by atoms with Crippen LogP contribution in [0.3, 0.4) is 0 Å². The maximum atomic E-state index is 12.2. The van der Waals surface area contributed by atoms with Crippen molar-refractivity contribution in [2.45, 2.75) is 19.8 Å². The zero-order valence-electron chi connectivity index (χ0n) is 12.2. The van der Waals surface area contributed by atoms with Gasteiger partial charge in [-0.3, -0.25) is 4.79 Å². The number of hydrogen-bond acceptors (Lipinski definition) is 6. The topological polar surface area (TPSA) is 80.8 Å². The normalized spacial score (nSPS) is 18.8. The molecule has 122 valence electrons. The molecule has 0 aliphatic carbocycles. The SMILES string of the molecule is CCc1cc(C(=O)OC)c(N2CC(CS(=O)(=O)Cl)CC2=O)s1. The number of thiophene rings is 1. The second-order valence-electron chi connectivity index (χ2n) is 5.06. The molecule has 0 bridgehead atoms. The first-order chi connectivity index (χ1) is 10.2. The summed E-state index contributed by atoms with van der Waals surface area (Å²) in [6.07, 6.45) is 0.835. The minimum absolute atomic E-state index is 0.103. The van der Waals surface area contributed by atoms with Crippen LogP contribution in [0.5, 0.6) is 0 Å². The Bertz CT molecular complexity index is 697. The molecule has 9 heteroatoms. The summed E-state index contributed by atoms with van der Waals surface area (Å²) in [6.45, 7) is 2.18. The lowest BCUT2D eigenvalue weighted by atomic mass is 10.1. The van der Waals surface area contributed by atoms with E-state index in [4.69, 9.17) is 15.4 Å². The molecule has 22 heavy (non-hydrogen) atoms. The number of carbonyl (C=O) groups is 2. The molecule has 6 nitrogen and oxygen atoms in total. The molecule has 1 amide bonds. The number of methoxy groups -OCH3 is 1. The van der Waals surface area contributed by atoms with Gasteiger partial charge in [-0.15, -0.1) is 11.3 Å². The highest BCUT2D eigenvalue weighted by Gasteiger charge is 2.36. The van der Waals surface area contributed by atoms with Crippen molar-refractivity contribution in [2.24, 2.45) is 5.92 Å². The molecule has 0 N–H and O–H groups in total. The molecule has 0 radical (unpaired) electrons. The number of amides is 1.